The summed E-state index contributed by atoms with van der Waals surface area (Å²) in [6, 6.07) is 0.270. The molecule has 2 aliphatic rings. The summed E-state index contributed by atoms with van der Waals surface area (Å²) in [5.41, 5.74) is 0.542. The van der Waals surface area contributed by atoms with Gasteiger partial charge in [0.05, 0.1) is 11.9 Å². The number of amides is 2. The highest BCUT2D eigenvalue weighted by molar-refractivity contribution is 5.89. The standard InChI is InChI=1S/C14H20N4O3/c19-13(20)9-17-8-11(7-15-17)16-14(21)18-6-5-10-3-1-2-4-12(10)18/h7-8,10,12H,1-6,9H2,(H,16,21)(H,19,20). The third-order valence-electron chi connectivity index (χ3n) is 4.45. The average molecular weight is 292 g/mol. The summed E-state index contributed by atoms with van der Waals surface area (Å²) in [7, 11) is 0. The van der Waals surface area contributed by atoms with Crippen LogP contribution in [0.3, 0.4) is 0 Å². The van der Waals surface area contributed by atoms with Crippen LogP contribution in [0.4, 0.5) is 10.5 Å². The zero-order valence-electron chi connectivity index (χ0n) is 11.9. The molecule has 114 valence electrons. The van der Waals surface area contributed by atoms with Crippen molar-refractivity contribution in [3.63, 3.8) is 0 Å². The van der Waals surface area contributed by atoms with Crippen LogP contribution < -0.4 is 5.32 Å². The molecule has 21 heavy (non-hydrogen) atoms. The maximum absolute atomic E-state index is 12.4. The molecule has 0 radical (unpaired) electrons. The number of aromatic nitrogens is 2. The van der Waals surface area contributed by atoms with Crippen molar-refractivity contribution in [3.8, 4) is 0 Å². The van der Waals surface area contributed by atoms with Gasteiger partial charge in [-0.2, -0.15) is 5.10 Å². The van der Waals surface area contributed by atoms with Gasteiger partial charge in [0.1, 0.15) is 6.54 Å². The predicted molar refractivity (Wildman–Crippen MR) is 76.0 cm³/mol. The van der Waals surface area contributed by atoms with Gasteiger partial charge in [-0.1, -0.05) is 12.8 Å². The number of carboxylic acid groups (broad SMARTS) is 1. The van der Waals surface area contributed by atoms with Gasteiger partial charge in [0.15, 0.2) is 0 Å². The zero-order chi connectivity index (χ0) is 14.8. The fourth-order valence-corrected chi connectivity index (χ4v) is 3.51. The number of carbonyl (C=O) groups is 2. The lowest BCUT2D eigenvalue weighted by atomic mass is 9.85. The van der Waals surface area contributed by atoms with Crippen LogP contribution >= 0.6 is 0 Å². The van der Waals surface area contributed by atoms with E-state index in [0.717, 1.165) is 19.4 Å². The first kappa shape index (κ1) is 13.9. The first-order chi connectivity index (χ1) is 10.1. The van der Waals surface area contributed by atoms with Crippen LogP contribution in [0, 0.1) is 5.92 Å². The number of hydrogen-bond donors (Lipinski definition) is 2. The van der Waals surface area contributed by atoms with Gasteiger partial charge >= 0.3 is 12.0 Å². The van der Waals surface area contributed by atoms with E-state index >= 15 is 0 Å². The smallest absolute Gasteiger partial charge is 0.325 e. The van der Waals surface area contributed by atoms with Crippen LogP contribution in [0.2, 0.25) is 0 Å². The number of carboxylic acids is 1. The molecule has 1 aliphatic heterocycles. The van der Waals surface area contributed by atoms with E-state index in [4.69, 9.17) is 5.11 Å². The molecular weight excluding hydrogens is 272 g/mol. The molecule has 2 amide bonds. The number of nitrogens with one attached hydrogen (secondary N) is 1. The van der Waals surface area contributed by atoms with Crippen LogP contribution in [0.5, 0.6) is 0 Å². The fraction of sp³-hybridized carbons (Fsp3) is 0.643. The molecule has 1 aromatic heterocycles. The third-order valence-corrected chi connectivity index (χ3v) is 4.45. The number of rotatable bonds is 3. The lowest BCUT2D eigenvalue weighted by Gasteiger charge is -2.31. The number of carbonyl (C=O) groups excluding carboxylic acids is 1. The summed E-state index contributed by atoms with van der Waals surface area (Å²) < 4.78 is 1.30. The molecular formula is C14H20N4O3. The maximum atomic E-state index is 12.4. The van der Waals surface area contributed by atoms with Crippen molar-refractivity contribution in [2.75, 3.05) is 11.9 Å². The van der Waals surface area contributed by atoms with Crippen molar-refractivity contribution >= 4 is 17.7 Å². The summed E-state index contributed by atoms with van der Waals surface area (Å²) in [6.07, 6.45) is 8.91. The van der Waals surface area contributed by atoms with Gasteiger partial charge in [0.25, 0.3) is 0 Å². The normalized spacial score (nSPS) is 24.7. The summed E-state index contributed by atoms with van der Waals surface area (Å²) in [4.78, 5) is 24.9. The van der Waals surface area contributed by atoms with Gasteiger partial charge in [-0.15, -0.1) is 0 Å². The average Bonchev–Trinajstić information content (AvgIpc) is 3.04. The lowest BCUT2D eigenvalue weighted by Crippen LogP contribution is -2.41. The molecule has 2 fully saturated rings. The minimum absolute atomic E-state index is 0.0979. The quantitative estimate of drug-likeness (QED) is 0.888. The number of nitrogens with zero attached hydrogens (tertiary/aromatic N) is 3. The van der Waals surface area contributed by atoms with E-state index in [-0.39, 0.29) is 12.6 Å². The molecule has 2 unspecified atom stereocenters. The minimum atomic E-state index is -0.958. The topological polar surface area (TPSA) is 87.5 Å². The number of hydrogen-bond acceptors (Lipinski definition) is 3. The summed E-state index contributed by atoms with van der Waals surface area (Å²) in [5, 5.41) is 15.4. The Labute approximate surface area is 122 Å². The molecule has 1 aliphatic carbocycles. The third kappa shape index (κ3) is 3.01. The molecule has 1 saturated carbocycles. The van der Waals surface area contributed by atoms with E-state index in [9.17, 15) is 9.59 Å². The molecule has 1 aromatic rings. The number of fused-ring (bicyclic) bond motifs is 1. The Bertz CT molecular complexity index is 542. The first-order valence-corrected chi connectivity index (χ1v) is 7.45. The second-order valence-corrected chi connectivity index (χ2v) is 5.84. The molecule has 7 heteroatoms. The Kier molecular flexibility index (Phi) is 3.81. The van der Waals surface area contributed by atoms with E-state index in [1.165, 1.54) is 30.1 Å². The summed E-state index contributed by atoms with van der Waals surface area (Å²) >= 11 is 0. The largest absolute Gasteiger partial charge is 0.480 e. The number of likely N-dealkylation sites (tertiary alicyclic amines) is 1. The van der Waals surface area contributed by atoms with E-state index < -0.39 is 5.97 Å². The monoisotopic (exact) mass is 292 g/mol. The molecule has 2 atom stereocenters. The highest BCUT2D eigenvalue weighted by Gasteiger charge is 2.38. The van der Waals surface area contributed by atoms with Crippen molar-refractivity contribution in [1.29, 1.82) is 0 Å². The zero-order valence-corrected chi connectivity index (χ0v) is 11.9. The summed E-state index contributed by atoms with van der Waals surface area (Å²) in [6.45, 7) is 0.606. The Morgan fingerprint density at radius 2 is 2.14 bits per heavy atom. The van der Waals surface area contributed by atoms with Crippen molar-refractivity contribution in [1.82, 2.24) is 14.7 Å². The Morgan fingerprint density at radius 1 is 1.33 bits per heavy atom. The van der Waals surface area contributed by atoms with Gasteiger partial charge in [-0.25, -0.2) is 4.79 Å². The van der Waals surface area contributed by atoms with Crippen molar-refractivity contribution in [3.05, 3.63) is 12.4 Å². The van der Waals surface area contributed by atoms with Gasteiger partial charge in [-0.05, 0) is 25.2 Å². The molecule has 3 rings (SSSR count). The fourth-order valence-electron chi connectivity index (χ4n) is 3.51. The highest BCUT2D eigenvalue weighted by atomic mass is 16.4. The first-order valence-electron chi connectivity index (χ1n) is 7.45. The molecule has 0 spiro atoms. The molecule has 2 N–H and O–H groups in total. The van der Waals surface area contributed by atoms with Crippen LogP contribution in [0.1, 0.15) is 32.1 Å². The van der Waals surface area contributed by atoms with Crippen molar-refractivity contribution < 1.29 is 14.7 Å². The SMILES string of the molecule is O=C(O)Cn1cc(NC(=O)N2CCC3CCCCC32)cn1. The number of urea groups is 1. The van der Waals surface area contributed by atoms with Crippen molar-refractivity contribution in [2.45, 2.75) is 44.7 Å². The predicted octanol–water partition coefficient (Wildman–Crippen LogP) is 1.76. The van der Waals surface area contributed by atoms with Crippen LogP contribution in [0.25, 0.3) is 0 Å². The Morgan fingerprint density at radius 3 is 2.95 bits per heavy atom. The van der Waals surface area contributed by atoms with Gasteiger partial charge in [0, 0.05) is 18.8 Å². The van der Waals surface area contributed by atoms with Crippen LogP contribution in [0.15, 0.2) is 12.4 Å². The Hall–Kier alpha value is -2.05. The lowest BCUT2D eigenvalue weighted by molar-refractivity contribution is -0.137. The molecule has 2 heterocycles. The minimum Gasteiger partial charge on any atom is -0.480 e. The van der Waals surface area contributed by atoms with Crippen LogP contribution in [-0.4, -0.2) is 44.4 Å². The van der Waals surface area contributed by atoms with Gasteiger partial charge in [-0.3, -0.25) is 9.48 Å². The van der Waals surface area contributed by atoms with E-state index in [1.807, 2.05) is 4.90 Å². The Balaban J connectivity index is 1.61. The molecule has 7 nitrogen and oxygen atoms in total. The van der Waals surface area contributed by atoms with E-state index in [2.05, 4.69) is 10.4 Å². The van der Waals surface area contributed by atoms with Gasteiger partial charge < -0.3 is 15.3 Å². The molecule has 0 aromatic carbocycles. The second kappa shape index (κ2) is 5.75. The van der Waals surface area contributed by atoms with E-state index in [0.29, 0.717) is 17.6 Å². The van der Waals surface area contributed by atoms with Gasteiger partial charge in [0.2, 0.25) is 0 Å². The molecule has 0 bridgehead atoms. The van der Waals surface area contributed by atoms with Crippen LogP contribution in [-0.2, 0) is 11.3 Å². The summed E-state index contributed by atoms with van der Waals surface area (Å²) in [5.74, 6) is -0.306. The second-order valence-electron chi connectivity index (χ2n) is 5.84. The maximum Gasteiger partial charge on any atom is 0.325 e. The highest BCUT2D eigenvalue weighted by Crippen LogP contribution is 2.36. The molecule has 1 saturated heterocycles. The number of anilines is 1. The number of aliphatic carboxylic acids is 1. The van der Waals surface area contributed by atoms with E-state index in [1.54, 1.807) is 6.20 Å². The van der Waals surface area contributed by atoms with Crippen molar-refractivity contribution in [2.24, 2.45) is 5.92 Å².